The maximum atomic E-state index is 11.5. The standard InChI is InChI=1S/C11H17O3PS2/c1-4-13-15(3,16)14-10-6-8-11(9-7-10)17(12)5-2/h6-9H,4-5H2,1-3H3. The highest BCUT2D eigenvalue weighted by atomic mass is 32.5. The van der Waals surface area contributed by atoms with Crippen molar-refractivity contribution in [1.29, 1.82) is 0 Å². The maximum absolute atomic E-state index is 11.5. The fraction of sp³-hybridized carbons (Fsp3) is 0.455. The van der Waals surface area contributed by atoms with Crippen LogP contribution in [-0.2, 0) is 27.1 Å². The molecular formula is C11H17O3PS2. The highest BCUT2D eigenvalue weighted by Crippen LogP contribution is 2.44. The second-order valence-electron chi connectivity index (χ2n) is 3.39. The van der Waals surface area contributed by atoms with Crippen LogP contribution in [0.5, 0.6) is 5.75 Å². The molecule has 0 fully saturated rings. The molecule has 1 aromatic carbocycles. The average molecular weight is 292 g/mol. The molecule has 1 aromatic rings. The molecule has 0 aliphatic heterocycles. The second-order valence-corrected chi connectivity index (χ2v) is 9.10. The Hall–Kier alpha value is -0.220. The highest BCUT2D eigenvalue weighted by molar-refractivity contribution is 8.09. The molecule has 0 bridgehead atoms. The van der Waals surface area contributed by atoms with Crippen molar-refractivity contribution in [3.63, 3.8) is 0 Å². The summed E-state index contributed by atoms with van der Waals surface area (Å²) in [6, 6.07) is 7.17. The Bertz CT molecular complexity index is 431. The number of hydrogen-bond donors (Lipinski definition) is 0. The van der Waals surface area contributed by atoms with Crippen molar-refractivity contribution in [2.24, 2.45) is 0 Å². The quantitative estimate of drug-likeness (QED) is 0.754. The average Bonchev–Trinajstić information content (AvgIpc) is 2.28. The first-order valence-electron chi connectivity index (χ1n) is 5.38. The summed E-state index contributed by atoms with van der Waals surface area (Å²) in [5, 5.41) is 0. The SMILES string of the molecule is CCOP(C)(=S)Oc1ccc(S(=O)CC)cc1. The van der Waals surface area contributed by atoms with Crippen LogP contribution in [0.25, 0.3) is 0 Å². The van der Waals surface area contributed by atoms with E-state index >= 15 is 0 Å². The summed E-state index contributed by atoms with van der Waals surface area (Å²) in [6.07, 6.45) is 0. The molecule has 96 valence electrons. The van der Waals surface area contributed by atoms with Gasteiger partial charge >= 0.3 is 0 Å². The summed E-state index contributed by atoms with van der Waals surface area (Å²) in [5.41, 5.74) is 0. The number of benzene rings is 1. The van der Waals surface area contributed by atoms with Crippen molar-refractivity contribution in [2.75, 3.05) is 19.0 Å². The maximum Gasteiger partial charge on any atom is 0.235 e. The Balaban J connectivity index is 2.75. The van der Waals surface area contributed by atoms with Gasteiger partial charge < -0.3 is 9.05 Å². The molecule has 0 saturated carbocycles. The van der Waals surface area contributed by atoms with Gasteiger partial charge in [0.05, 0.1) is 17.4 Å². The van der Waals surface area contributed by atoms with Crippen LogP contribution in [0.1, 0.15) is 13.8 Å². The van der Waals surface area contributed by atoms with Gasteiger partial charge in [0.2, 0.25) is 6.49 Å². The predicted molar refractivity (Wildman–Crippen MR) is 75.9 cm³/mol. The summed E-state index contributed by atoms with van der Waals surface area (Å²) in [4.78, 5) is 0.806. The molecule has 0 aromatic heterocycles. The first kappa shape index (κ1) is 14.8. The van der Waals surface area contributed by atoms with Crippen molar-refractivity contribution >= 4 is 29.1 Å². The molecule has 0 spiro atoms. The molecule has 1 rings (SSSR count). The van der Waals surface area contributed by atoms with E-state index in [1.165, 1.54) is 0 Å². The Morgan fingerprint density at radius 1 is 1.29 bits per heavy atom. The van der Waals surface area contributed by atoms with Gasteiger partial charge in [0.25, 0.3) is 0 Å². The molecule has 0 N–H and O–H groups in total. The van der Waals surface area contributed by atoms with Crippen LogP contribution in [0.3, 0.4) is 0 Å². The summed E-state index contributed by atoms with van der Waals surface area (Å²) in [7, 11) is -0.929. The van der Waals surface area contributed by atoms with Gasteiger partial charge in [-0.15, -0.1) is 0 Å². The number of rotatable bonds is 6. The van der Waals surface area contributed by atoms with Crippen molar-refractivity contribution < 1.29 is 13.3 Å². The zero-order valence-corrected chi connectivity index (χ0v) is 12.7. The second kappa shape index (κ2) is 6.64. The molecule has 0 saturated heterocycles. The van der Waals surface area contributed by atoms with Gasteiger partial charge in [0.15, 0.2) is 0 Å². The lowest BCUT2D eigenvalue weighted by molar-refractivity contribution is 0.335. The van der Waals surface area contributed by atoms with Gasteiger partial charge in [0, 0.05) is 17.3 Å². The number of hydrogen-bond acceptors (Lipinski definition) is 4. The van der Waals surface area contributed by atoms with Gasteiger partial charge in [-0.2, -0.15) is 0 Å². The summed E-state index contributed by atoms with van der Waals surface area (Å²) in [6.45, 7) is 3.92. The summed E-state index contributed by atoms with van der Waals surface area (Å²) in [5.74, 6) is 1.28. The Morgan fingerprint density at radius 2 is 1.88 bits per heavy atom. The van der Waals surface area contributed by atoms with Gasteiger partial charge in [0.1, 0.15) is 5.75 Å². The molecular weight excluding hydrogens is 275 g/mol. The van der Waals surface area contributed by atoms with E-state index in [2.05, 4.69) is 0 Å². The summed E-state index contributed by atoms with van der Waals surface area (Å²) < 4.78 is 22.5. The van der Waals surface area contributed by atoms with E-state index in [0.29, 0.717) is 18.1 Å². The fourth-order valence-corrected chi connectivity index (χ4v) is 3.65. The van der Waals surface area contributed by atoms with E-state index in [1.54, 1.807) is 30.9 Å². The Morgan fingerprint density at radius 3 is 2.35 bits per heavy atom. The van der Waals surface area contributed by atoms with Gasteiger partial charge in [-0.05, 0) is 43.0 Å². The van der Waals surface area contributed by atoms with Crippen molar-refractivity contribution in [3.8, 4) is 5.75 Å². The molecule has 0 aliphatic carbocycles. The Labute approximate surface area is 110 Å². The highest BCUT2D eigenvalue weighted by Gasteiger charge is 2.12. The van der Waals surface area contributed by atoms with Crippen LogP contribution >= 0.6 is 6.49 Å². The van der Waals surface area contributed by atoms with Crippen molar-refractivity contribution in [3.05, 3.63) is 24.3 Å². The van der Waals surface area contributed by atoms with Crippen LogP contribution in [0, 0.1) is 0 Å². The summed E-state index contributed by atoms with van der Waals surface area (Å²) >= 11 is 5.24. The molecule has 17 heavy (non-hydrogen) atoms. The molecule has 6 heteroatoms. The predicted octanol–water partition coefficient (Wildman–Crippen LogP) is 3.17. The smallest absolute Gasteiger partial charge is 0.235 e. The van der Waals surface area contributed by atoms with Gasteiger partial charge in [-0.25, -0.2) is 0 Å². The third-order valence-corrected chi connectivity index (χ3v) is 5.12. The van der Waals surface area contributed by atoms with E-state index in [1.807, 2.05) is 13.8 Å². The monoisotopic (exact) mass is 292 g/mol. The molecule has 0 aliphatic rings. The lowest BCUT2D eigenvalue weighted by atomic mass is 10.3. The van der Waals surface area contributed by atoms with Crippen molar-refractivity contribution in [1.82, 2.24) is 0 Å². The largest absolute Gasteiger partial charge is 0.444 e. The van der Waals surface area contributed by atoms with Gasteiger partial charge in [-0.3, -0.25) is 4.21 Å². The van der Waals surface area contributed by atoms with E-state index < -0.39 is 17.3 Å². The third kappa shape index (κ3) is 4.88. The molecule has 0 radical (unpaired) electrons. The van der Waals surface area contributed by atoms with Crippen molar-refractivity contribution in [2.45, 2.75) is 18.7 Å². The van der Waals surface area contributed by atoms with E-state index in [4.69, 9.17) is 20.9 Å². The lowest BCUT2D eigenvalue weighted by Crippen LogP contribution is -1.97. The molecule has 0 heterocycles. The zero-order valence-electron chi connectivity index (χ0n) is 10.2. The topological polar surface area (TPSA) is 35.5 Å². The molecule has 2 unspecified atom stereocenters. The Kier molecular flexibility index (Phi) is 5.80. The minimum Gasteiger partial charge on any atom is -0.444 e. The first-order chi connectivity index (χ1) is 7.98. The normalized spacial score (nSPS) is 16.2. The first-order valence-corrected chi connectivity index (χ1v) is 9.79. The third-order valence-electron chi connectivity index (χ3n) is 1.98. The van der Waals surface area contributed by atoms with Crippen LogP contribution in [-0.4, -0.2) is 23.2 Å². The van der Waals surface area contributed by atoms with Crippen LogP contribution in [0.2, 0.25) is 0 Å². The van der Waals surface area contributed by atoms with Crippen LogP contribution in [0.4, 0.5) is 0 Å². The van der Waals surface area contributed by atoms with E-state index in [-0.39, 0.29) is 0 Å². The fourth-order valence-electron chi connectivity index (χ4n) is 1.27. The zero-order chi connectivity index (χ0) is 12.9. The molecule has 0 amide bonds. The lowest BCUT2D eigenvalue weighted by Gasteiger charge is -2.17. The van der Waals surface area contributed by atoms with Gasteiger partial charge in [-0.1, -0.05) is 6.92 Å². The van der Waals surface area contributed by atoms with Crippen LogP contribution in [0.15, 0.2) is 29.2 Å². The molecule has 2 atom stereocenters. The molecule has 3 nitrogen and oxygen atoms in total. The van der Waals surface area contributed by atoms with E-state index in [0.717, 1.165) is 4.90 Å². The van der Waals surface area contributed by atoms with E-state index in [9.17, 15) is 4.21 Å². The van der Waals surface area contributed by atoms with Crippen LogP contribution < -0.4 is 4.52 Å². The minimum atomic E-state index is -2.20. The minimum absolute atomic E-state index is 0.547.